The number of nitriles is 1. The average Bonchev–Trinajstić information content (AvgIpc) is 3.34. The van der Waals surface area contributed by atoms with Gasteiger partial charge in [0.1, 0.15) is 11.9 Å². The van der Waals surface area contributed by atoms with Gasteiger partial charge in [-0.15, -0.1) is 11.3 Å². The highest BCUT2D eigenvalue weighted by molar-refractivity contribution is 7.18. The van der Waals surface area contributed by atoms with E-state index < -0.39 is 28.8 Å². The van der Waals surface area contributed by atoms with E-state index >= 15 is 0 Å². The number of hydrogen-bond donors (Lipinski definition) is 1. The Hall–Kier alpha value is -4.53. The van der Waals surface area contributed by atoms with Gasteiger partial charge in [0, 0.05) is 28.7 Å². The number of carbonyl (C=O) groups is 1. The van der Waals surface area contributed by atoms with Crippen LogP contribution in [0, 0.1) is 18.3 Å². The molecule has 0 aliphatic rings. The molecule has 0 unspecified atom stereocenters. The molecule has 40 heavy (non-hydrogen) atoms. The van der Waals surface area contributed by atoms with E-state index in [0.717, 1.165) is 11.6 Å². The fourth-order valence-corrected chi connectivity index (χ4v) is 5.61. The standard InChI is InChI=1S/C28H16ClF3N4O3S/c1-14-35-22-10-17(28(30,31)32)9-16(12-33)23(22)26(37)36(14)8-2-3-15-4-5-18(29)11-20(15)19-6-7-34-24-21(27(38)39)13-40-25(19)24/h2-7,9-11,13H,8H2,1H3,(H,38,39)/b3-2+. The number of aromatic nitrogens is 3. The van der Waals surface area contributed by atoms with Gasteiger partial charge >= 0.3 is 12.1 Å². The number of thiophene rings is 1. The molecule has 12 heteroatoms. The smallest absolute Gasteiger partial charge is 0.416 e. The highest BCUT2D eigenvalue weighted by Crippen LogP contribution is 2.37. The summed E-state index contributed by atoms with van der Waals surface area (Å²) in [5.41, 5.74) is 0.313. The minimum atomic E-state index is -4.69. The van der Waals surface area contributed by atoms with Crippen molar-refractivity contribution in [3.05, 3.63) is 97.5 Å². The van der Waals surface area contributed by atoms with Crippen molar-refractivity contribution in [1.29, 1.82) is 5.26 Å². The van der Waals surface area contributed by atoms with Crippen LogP contribution in [0.3, 0.4) is 0 Å². The molecule has 200 valence electrons. The predicted octanol–water partition coefficient (Wildman–Crippen LogP) is 6.94. The second kappa shape index (κ2) is 10.2. The Kier molecular flexibility index (Phi) is 6.91. The van der Waals surface area contributed by atoms with Crippen molar-refractivity contribution in [2.45, 2.75) is 19.6 Å². The van der Waals surface area contributed by atoms with Crippen LogP contribution >= 0.6 is 22.9 Å². The summed E-state index contributed by atoms with van der Waals surface area (Å²) in [5.74, 6) is -0.904. The van der Waals surface area contributed by atoms with Gasteiger partial charge in [-0.3, -0.25) is 14.3 Å². The Balaban J connectivity index is 1.56. The molecular formula is C28H16ClF3N4O3S. The van der Waals surface area contributed by atoms with Gasteiger partial charge in [0.25, 0.3) is 5.56 Å². The number of halogens is 4. The van der Waals surface area contributed by atoms with Crippen LogP contribution < -0.4 is 5.56 Å². The molecule has 1 N–H and O–H groups in total. The third-order valence-electron chi connectivity index (χ3n) is 6.27. The van der Waals surface area contributed by atoms with Crippen LogP contribution in [0.15, 0.2) is 58.8 Å². The molecular weight excluding hydrogens is 565 g/mol. The van der Waals surface area contributed by atoms with Crippen LogP contribution in [0.4, 0.5) is 13.2 Å². The summed E-state index contributed by atoms with van der Waals surface area (Å²) in [5, 5.41) is 20.7. The number of alkyl halides is 3. The summed E-state index contributed by atoms with van der Waals surface area (Å²) in [6.45, 7) is 1.52. The third kappa shape index (κ3) is 4.83. The van der Waals surface area contributed by atoms with Crippen molar-refractivity contribution in [3.8, 4) is 17.2 Å². The number of benzene rings is 2. The second-order valence-corrected chi connectivity index (χ2v) is 10.0. The molecule has 0 fully saturated rings. The molecule has 0 bridgehead atoms. The van der Waals surface area contributed by atoms with E-state index in [1.54, 1.807) is 42.5 Å². The van der Waals surface area contributed by atoms with E-state index in [2.05, 4.69) is 9.97 Å². The monoisotopic (exact) mass is 580 g/mol. The Morgan fingerprint density at radius 2 is 2.00 bits per heavy atom. The fraction of sp³-hybridized carbons (Fsp3) is 0.107. The predicted molar refractivity (Wildman–Crippen MR) is 147 cm³/mol. The molecule has 0 radical (unpaired) electrons. The Bertz CT molecular complexity index is 1970. The summed E-state index contributed by atoms with van der Waals surface area (Å²) in [4.78, 5) is 33.3. The number of pyridine rings is 1. The maximum absolute atomic E-state index is 13.3. The van der Waals surface area contributed by atoms with E-state index in [4.69, 9.17) is 11.6 Å². The number of hydrogen-bond acceptors (Lipinski definition) is 6. The molecule has 3 aromatic heterocycles. The van der Waals surface area contributed by atoms with E-state index in [9.17, 15) is 33.1 Å². The van der Waals surface area contributed by atoms with Crippen LogP contribution in [-0.4, -0.2) is 25.6 Å². The maximum Gasteiger partial charge on any atom is 0.416 e. The Labute approximate surface area is 233 Å². The van der Waals surface area contributed by atoms with Gasteiger partial charge in [-0.2, -0.15) is 18.4 Å². The van der Waals surface area contributed by atoms with Crippen LogP contribution in [0.5, 0.6) is 0 Å². The normalized spacial score (nSPS) is 11.9. The van der Waals surface area contributed by atoms with Gasteiger partial charge in [0.15, 0.2) is 0 Å². The number of aryl methyl sites for hydroxylation is 1. The van der Waals surface area contributed by atoms with Gasteiger partial charge in [-0.1, -0.05) is 29.8 Å². The van der Waals surface area contributed by atoms with Crippen LogP contribution in [0.25, 0.3) is 38.3 Å². The minimum absolute atomic E-state index is 0.0233. The van der Waals surface area contributed by atoms with Crippen LogP contribution in [0.2, 0.25) is 5.02 Å². The molecule has 2 aromatic carbocycles. The number of aromatic carboxylic acids is 1. The zero-order valence-corrected chi connectivity index (χ0v) is 22.0. The van der Waals surface area contributed by atoms with E-state index in [-0.39, 0.29) is 28.8 Å². The fourth-order valence-electron chi connectivity index (χ4n) is 4.41. The van der Waals surface area contributed by atoms with Gasteiger partial charge in [0.2, 0.25) is 0 Å². The average molecular weight is 581 g/mol. The lowest BCUT2D eigenvalue weighted by Crippen LogP contribution is -2.24. The molecule has 3 heterocycles. The molecule has 5 aromatic rings. The highest BCUT2D eigenvalue weighted by Gasteiger charge is 2.32. The summed E-state index contributed by atoms with van der Waals surface area (Å²) in [6, 6.07) is 10.0. The van der Waals surface area contributed by atoms with Crippen molar-refractivity contribution in [2.75, 3.05) is 0 Å². The molecule has 0 aliphatic carbocycles. The van der Waals surface area contributed by atoms with E-state index in [0.29, 0.717) is 32.4 Å². The minimum Gasteiger partial charge on any atom is -0.478 e. The van der Waals surface area contributed by atoms with Crippen molar-refractivity contribution in [1.82, 2.24) is 14.5 Å². The first-order valence-corrected chi connectivity index (χ1v) is 12.8. The summed E-state index contributed by atoms with van der Waals surface area (Å²) < 4.78 is 41.8. The third-order valence-corrected chi connectivity index (χ3v) is 7.51. The first-order valence-electron chi connectivity index (χ1n) is 11.6. The van der Waals surface area contributed by atoms with Gasteiger partial charge in [0.05, 0.1) is 37.8 Å². The number of carboxylic acids is 1. The quantitative estimate of drug-likeness (QED) is 0.241. The number of rotatable bonds is 5. The van der Waals surface area contributed by atoms with E-state index in [1.165, 1.54) is 34.4 Å². The molecule has 0 amide bonds. The highest BCUT2D eigenvalue weighted by atomic mass is 35.5. The topological polar surface area (TPSA) is 109 Å². The zero-order chi connectivity index (χ0) is 28.8. The molecule has 0 aliphatic heterocycles. The van der Waals surface area contributed by atoms with Crippen LogP contribution in [-0.2, 0) is 12.7 Å². The largest absolute Gasteiger partial charge is 0.478 e. The van der Waals surface area contributed by atoms with Gasteiger partial charge in [-0.25, -0.2) is 9.78 Å². The summed E-state index contributed by atoms with van der Waals surface area (Å²) in [6.07, 6.45) is 0.256. The van der Waals surface area contributed by atoms with Crippen LogP contribution in [0.1, 0.15) is 32.9 Å². The SMILES string of the molecule is Cc1nc2cc(C(F)(F)F)cc(C#N)c2c(=O)n1C/C=C/c1ccc(Cl)cc1-c1ccnc2c(C(=O)O)csc12. The molecule has 5 rings (SSSR count). The first kappa shape index (κ1) is 27.1. The van der Waals surface area contributed by atoms with Crippen molar-refractivity contribution < 1.29 is 23.1 Å². The molecule has 0 spiro atoms. The zero-order valence-electron chi connectivity index (χ0n) is 20.5. The Morgan fingerprint density at radius 3 is 2.70 bits per heavy atom. The summed E-state index contributed by atoms with van der Waals surface area (Å²) in [7, 11) is 0. The Morgan fingerprint density at radius 1 is 1.23 bits per heavy atom. The lowest BCUT2D eigenvalue weighted by molar-refractivity contribution is -0.137. The van der Waals surface area contributed by atoms with Gasteiger partial charge < -0.3 is 5.11 Å². The number of fused-ring (bicyclic) bond motifs is 2. The molecule has 0 saturated carbocycles. The van der Waals surface area contributed by atoms with E-state index in [1.807, 2.05) is 0 Å². The molecule has 0 atom stereocenters. The van der Waals surface area contributed by atoms with Gasteiger partial charge in [-0.05, 0) is 48.4 Å². The number of nitrogens with zero attached hydrogens (tertiary/aromatic N) is 4. The first-order chi connectivity index (χ1) is 19.0. The van der Waals surface area contributed by atoms with Crippen molar-refractivity contribution in [3.63, 3.8) is 0 Å². The lowest BCUT2D eigenvalue weighted by Gasteiger charge is -2.12. The maximum atomic E-state index is 13.3. The second-order valence-electron chi connectivity index (χ2n) is 8.73. The number of allylic oxidation sites excluding steroid dienone is 1. The summed E-state index contributed by atoms with van der Waals surface area (Å²) >= 11 is 7.54. The molecule has 0 saturated heterocycles. The number of carboxylic acid groups (broad SMARTS) is 1. The van der Waals surface area contributed by atoms with Crippen molar-refractivity contribution >= 4 is 56.1 Å². The van der Waals surface area contributed by atoms with Crippen molar-refractivity contribution in [2.24, 2.45) is 0 Å². The molecule has 7 nitrogen and oxygen atoms in total. The lowest BCUT2D eigenvalue weighted by atomic mass is 9.99.